The van der Waals surface area contributed by atoms with E-state index in [0.29, 0.717) is 0 Å². The van der Waals surface area contributed by atoms with Crippen molar-refractivity contribution < 1.29 is 0 Å². The van der Waals surface area contributed by atoms with Crippen molar-refractivity contribution in [2.45, 2.75) is 32.6 Å². The van der Waals surface area contributed by atoms with Crippen molar-refractivity contribution in [2.75, 3.05) is 43.9 Å². The van der Waals surface area contributed by atoms with Crippen LogP contribution in [0.15, 0.2) is 12.3 Å². The Morgan fingerprint density at radius 2 is 2.10 bits per heavy atom. The quantitative estimate of drug-likeness (QED) is 0.750. The molecule has 20 heavy (non-hydrogen) atoms. The maximum atomic E-state index is 4.50. The van der Waals surface area contributed by atoms with Gasteiger partial charge in [0.15, 0.2) is 0 Å². The predicted molar refractivity (Wildman–Crippen MR) is 84.1 cm³/mol. The summed E-state index contributed by atoms with van der Waals surface area (Å²) in [7, 11) is 2.19. The molecule has 5 heteroatoms. The van der Waals surface area contributed by atoms with Crippen molar-refractivity contribution in [2.24, 2.45) is 5.92 Å². The number of nitrogens with zero attached hydrogens (tertiary/aromatic N) is 3. The zero-order chi connectivity index (χ0) is 14.2. The highest BCUT2D eigenvalue weighted by Crippen LogP contribution is 2.16. The van der Waals surface area contributed by atoms with Crippen LogP contribution >= 0.6 is 0 Å². The molecule has 0 aromatic carbocycles. The second kappa shape index (κ2) is 8.04. The molecule has 0 spiro atoms. The van der Waals surface area contributed by atoms with Crippen LogP contribution in [0, 0.1) is 5.92 Å². The van der Waals surface area contributed by atoms with Crippen LogP contribution in [0.4, 0.5) is 11.8 Å². The Bertz CT molecular complexity index is 388. The number of aromatic nitrogens is 2. The number of unbranched alkanes of at least 4 members (excludes halogenated alkanes) is 1. The highest BCUT2D eigenvalue weighted by Gasteiger charge is 2.16. The second-order valence-electron chi connectivity index (χ2n) is 5.67. The van der Waals surface area contributed by atoms with E-state index < -0.39 is 0 Å². The largest absolute Gasteiger partial charge is 0.370 e. The lowest BCUT2D eigenvalue weighted by molar-refractivity contribution is 0.226. The number of piperidine rings is 1. The monoisotopic (exact) mass is 277 g/mol. The van der Waals surface area contributed by atoms with Gasteiger partial charge >= 0.3 is 0 Å². The molecule has 1 saturated heterocycles. The van der Waals surface area contributed by atoms with Gasteiger partial charge in [-0.25, -0.2) is 4.98 Å². The molecule has 0 bridgehead atoms. The summed E-state index contributed by atoms with van der Waals surface area (Å²) in [5.41, 5.74) is 0. The van der Waals surface area contributed by atoms with Gasteiger partial charge in [0.2, 0.25) is 5.95 Å². The van der Waals surface area contributed by atoms with Gasteiger partial charge in [0.1, 0.15) is 5.82 Å². The van der Waals surface area contributed by atoms with Gasteiger partial charge in [-0.2, -0.15) is 4.98 Å². The van der Waals surface area contributed by atoms with Gasteiger partial charge in [-0.3, -0.25) is 0 Å². The SMILES string of the molecule is CCCCNc1ccnc(NCC2CCN(C)CC2)n1. The van der Waals surface area contributed by atoms with E-state index in [9.17, 15) is 0 Å². The molecule has 5 nitrogen and oxygen atoms in total. The van der Waals surface area contributed by atoms with E-state index in [-0.39, 0.29) is 0 Å². The third-order valence-corrected chi connectivity index (χ3v) is 3.88. The first-order valence-corrected chi connectivity index (χ1v) is 7.77. The summed E-state index contributed by atoms with van der Waals surface area (Å²) in [5.74, 6) is 2.40. The maximum Gasteiger partial charge on any atom is 0.224 e. The van der Waals surface area contributed by atoms with Gasteiger partial charge in [-0.05, 0) is 51.4 Å². The molecule has 1 aromatic rings. The Kier molecular flexibility index (Phi) is 6.05. The Labute approximate surface area is 122 Å². The molecule has 1 aliphatic heterocycles. The van der Waals surface area contributed by atoms with Gasteiger partial charge in [0.25, 0.3) is 0 Å². The average Bonchev–Trinajstić information content (AvgIpc) is 2.47. The topological polar surface area (TPSA) is 53.1 Å². The standard InChI is InChI=1S/C15H27N5/c1-3-4-8-16-14-5-9-17-15(19-14)18-12-13-6-10-20(2)11-7-13/h5,9,13H,3-4,6-8,10-12H2,1-2H3,(H2,16,17,18,19). The number of rotatable bonds is 7. The molecule has 1 aliphatic rings. The predicted octanol–water partition coefficient (Wildman–Crippen LogP) is 2.44. The first kappa shape index (κ1) is 15.0. The smallest absolute Gasteiger partial charge is 0.224 e. The van der Waals surface area contributed by atoms with Crippen LogP contribution in [-0.2, 0) is 0 Å². The molecule has 0 aliphatic carbocycles. The van der Waals surface area contributed by atoms with Gasteiger partial charge in [0.05, 0.1) is 0 Å². The van der Waals surface area contributed by atoms with E-state index in [1.54, 1.807) is 0 Å². The van der Waals surface area contributed by atoms with E-state index in [0.717, 1.165) is 30.8 Å². The number of anilines is 2. The fraction of sp³-hybridized carbons (Fsp3) is 0.733. The molecule has 1 aromatic heterocycles. The third kappa shape index (κ3) is 4.96. The fourth-order valence-electron chi connectivity index (χ4n) is 2.44. The highest BCUT2D eigenvalue weighted by atomic mass is 15.1. The van der Waals surface area contributed by atoms with Crippen LogP contribution in [0.2, 0.25) is 0 Å². The zero-order valence-electron chi connectivity index (χ0n) is 12.7. The summed E-state index contributed by atoms with van der Waals surface area (Å²) >= 11 is 0. The lowest BCUT2D eigenvalue weighted by atomic mass is 9.97. The van der Waals surface area contributed by atoms with E-state index in [1.807, 2.05) is 12.3 Å². The minimum Gasteiger partial charge on any atom is -0.370 e. The number of hydrogen-bond donors (Lipinski definition) is 2. The van der Waals surface area contributed by atoms with E-state index in [1.165, 1.54) is 38.8 Å². The van der Waals surface area contributed by atoms with Crippen molar-refractivity contribution in [1.29, 1.82) is 0 Å². The molecule has 112 valence electrons. The van der Waals surface area contributed by atoms with Crippen LogP contribution in [0.3, 0.4) is 0 Å². The summed E-state index contributed by atoms with van der Waals surface area (Å²) in [6, 6.07) is 1.93. The first-order valence-electron chi connectivity index (χ1n) is 7.77. The van der Waals surface area contributed by atoms with E-state index >= 15 is 0 Å². The average molecular weight is 277 g/mol. The third-order valence-electron chi connectivity index (χ3n) is 3.88. The molecule has 0 saturated carbocycles. The highest BCUT2D eigenvalue weighted by molar-refractivity contribution is 5.39. The Morgan fingerprint density at radius 1 is 1.30 bits per heavy atom. The fourth-order valence-corrected chi connectivity index (χ4v) is 2.44. The summed E-state index contributed by atoms with van der Waals surface area (Å²) < 4.78 is 0. The van der Waals surface area contributed by atoms with E-state index in [4.69, 9.17) is 0 Å². The summed E-state index contributed by atoms with van der Waals surface area (Å²) in [4.78, 5) is 11.2. The molecule has 2 N–H and O–H groups in total. The summed E-state index contributed by atoms with van der Waals surface area (Å²) in [6.07, 6.45) is 6.70. The number of nitrogens with one attached hydrogen (secondary N) is 2. The van der Waals surface area contributed by atoms with Gasteiger partial charge in [-0.15, -0.1) is 0 Å². The van der Waals surface area contributed by atoms with Crippen LogP contribution in [-0.4, -0.2) is 48.1 Å². The van der Waals surface area contributed by atoms with Crippen molar-refractivity contribution in [3.8, 4) is 0 Å². The number of likely N-dealkylation sites (tertiary alicyclic amines) is 1. The lowest BCUT2D eigenvalue weighted by Crippen LogP contribution is -2.33. The minimum absolute atomic E-state index is 0.741. The summed E-state index contributed by atoms with van der Waals surface area (Å²) in [5, 5.41) is 6.71. The molecule has 0 amide bonds. The van der Waals surface area contributed by atoms with Gasteiger partial charge in [0, 0.05) is 19.3 Å². The Balaban J connectivity index is 1.76. The second-order valence-corrected chi connectivity index (χ2v) is 5.67. The normalized spacial score (nSPS) is 17.1. The van der Waals surface area contributed by atoms with Crippen LogP contribution in [0.1, 0.15) is 32.6 Å². The molecule has 0 atom stereocenters. The molecule has 0 radical (unpaired) electrons. The molecule has 1 fully saturated rings. The zero-order valence-corrected chi connectivity index (χ0v) is 12.7. The van der Waals surface area contributed by atoms with Crippen molar-refractivity contribution in [3.63, 3.8) is 0 Å². The first-order chi connectivity index (χ1) is 9.78. The number of hydrogen-bond acceptors (Lipinski definition) is 5. The Hall–Kier alpha value is -1.36. The van der Waals surface area contributed by atoms with Crippen LogP contribution in [0.25, 0.3) is 0 Å². The molecule has 2 heterocycles. The van der Waals surface area contributed by atoms with Crippen molar-refractivity contribution in [3.05, 3.63) is 12.3 Å². The summed E-state index contributed by atoms with van der Waals surface area (Å²) in [6.45, 7) is 6.54. The minimum atomic E-state index is 0.741. The molecule has 2 rings (SSSR count). The van der Waals surface area contributed by atoms with Crippen molar-refractivity contribution in [1.82, 2.24) is 14.9 Å². The van der Waals surface area contributed by atoms with Crippen LogP contribution in [0.5, 0.6) is 0 Å². The molecule has 0 unspecified atom stereocenters. The molecular formula is C15H27N5. The Morgan fingerprint density at radius 3 is 2.85 bits per heavy atom. The van der Waals surface area contributed by atoms with Gasteiger partial charge in [-0.1, -0.05) is 13.3 Å². The van der Waals surface area contributed by atoms with Crippen LogP contribution < -0.4 is 10.6 Å². The lowest BCUT2D eigenvalue weighted by Gasteiger charge is -2.28. The van der Waals surface area contributed by atoms with E-state index in [2.05, 4.69) is 39.5 Å². The maximum absolute atomic E-state index is 4.50. The molecular weight excluding hydrogens is 250 g/mol. The van der Waals surface area contributed by atoms with Gasteiger partial charge < -0.3 is 15.5 Å². The van der Waals surface area contributed by atoms with Crippen molar-refractivity contribution >= 4 is 11.8 Å².